The van der Waals surface area contributed by atoms with Crippen LogP contribution in [0.5, 0.6) is 0 Å². The van der Waals surface area contributed by atoms with Gasteiger partial charge in [-0.15, -0.1) is 12.4 Å². The van der Waals surface area contributed by atoms with Crippen LogP contribution < -0.4 is 5.32 Å². The normalized spacial score (nSPS) is 9.36. The van der Waals surface area contributed by atoms with Gasteiger partial charge in [0.15, 0.2) is 0 Å². The fourth-order valence-corrected chi connectivity index (χ4v) is 1.65. The molecule has 3 nitrogen and oxygen atoms in total. The number of rotatable bonds is 7. The van der Waals surface area contributed by atoms with Crippen molar-refractivity contribution in [2.75, 3.05) is 38.7 Å². The zero-order valence-corrected chi connectivity index (χ0v) is 10.8. The molecule has 0 aromatic heterocycles. The maximum Gasteiger partial charge on any atom is 0.232 e. The molecule has 1 N–H and O–H groups in total. The lowest BCUT2D eigenvalue weighted by Crippen LogP contribution is -2.33. The second-order valence-electron chi connectivity index (χ2n) is 2.97. The van der Waals surface area contributed by atoms with Gasteiger partial charge >= 0.3 is 0 Å². The molecule has 0 aromatic carbocycles. The first kappa shape index (κ1) is 16.5. The van der Waals surface area contributed by atoms with Gasteiger partial charge in [-0.05, 0) is 19.2 Å². The summed E-state index contributed by atoms with van der Waals surface area (Å²) in [4.78, 5) is 13.2. The SMILES string of the molecule is CCCSCC(=O)N(C)CCNC.Cl. The number of hydrogen-bond donors (Lipinski definition) is 1. The number of nitrogens with zero attached hydrogens (tertiary/aromatic N) is 1. The van der Waals surface area contributed by atoms with E-state index < -0.39 is 0 Å². The molecule has 0 heterocycles. The summed E-state index contributed by atoms with van der Waals surface area (Å²) in [6.07, 6.45) is 1.14. The van der Waals surface area contributed by atoms with Crippen molar-refractivity contribution in [1.82, 2.24) is 10.2 Å². The zero-order chi connectivity index (χ0) is 10.1. The van der Waals surface area contributed by atoms with E-state index in [4.69, 9.17) is 0 Å². The van der Waals surface area contributed by atoms with Crippen molar-refractivity contribution >= 4 is 30.1 Å². The van der Waals surface area contributed by atoms with Crippen LogP contribution in [0.4, 0.5) is 0 Å². The molecule has 0 aliphatic rings. The van der Waals surface area contributed by atoms with Gasteiger partial charge in [-0.25, -0.2) is 0 Å². The Morgan fingerprint density at radius 2 is 2.14 bits per heavy atom. The Balaban J connectivity index is 0. The van der Waals surface area contributed by atoms with Gasteiger partial charge in [0, 0.05) is 20.1 Å². The second kappa shape index (κ2) is 11.1. The highest BCUT2D eigenvalue weighted by Crippen LogP contribution is 2.02. The molecule has 0 spiro atoms. The molecular weight excluding hydrogens is 220 g/mol. The number of amides is 1. The summed E-state index contributed by atoms with van der Waals surface area (Å²) in [6, 6.07) is 0. The Morgan fingerprint density at radius 3 is 2.64 bits per heavy atom. The molecule has 0 aromatic rings. The maximum atomic E-state index is 11.4. The maximum absolute atomic E-state index is 11.4. The average Bonchev–Trinajstić information content (AvgIpc) is 2.14. The van der Waals surface area contributed by atoms with Crippen molar-refractivity contribution in [3.63, 3.8) is 0 Å². The van der Waals surface area contributed by atoms with Crippen LogP contribution in [0.25, 0.3) is 0 Å². The summed E-state index contributed by atoms with van der Waals surface area (Å²) in [5.74, 6) is 1.92. The molecule has 5 heteroatoms. The summed E-state index contributed by atoms with van der Waals surface area (Å²) in [5.41, 5.74) is 0. The van der Waals surface area contributed by atoms with Gasteiger partial charge < -0.3 is 10.2 Å². The largest absolute Gasteiger partial charge is 0.344 e. The molecule has 0 rings (SSSR count). The zero-order valence-electron chi connectivity index (χ0n) is 9.21. The van der Waals surface area contributed by atoms with Crippen LogP contribution in [-0.2, 0) is 4.79 Å². The van der Waals surface area contributed by atoms with Crippen LogP contribution in [0.15, 0.2) is 0 Å². The van der Waals surface area contributed by atoms with E-state index >= 15 is 0 Å². The molecule has 1 amide bonds. The lowest BCUT2D eigenvalue weighted by Gasteiger charge is -2.16. The molecule has 0 saturated carbocycles. The van der Waals surface area contributed by atoms with Crippen LogP contribution in [-0.4, -0.2) is 49.5 Å². The predicted octanol–water partition coefficient (Wildman–Crippen LogP) is 1.23. The minimum Gasteiger partial charge on any atom is -0.344 e. The molecule has 0 aliphatic carbocycles. The van der Waals surface area contributed by atoms with Crippen molar-refractivity contribution in [1.29, 1.82) is 0 Å². The van der Waals surface area contributed by atoms with Gasteiger partial charge in [0.2, 0.25) is 5.91 Å². The predicted molar refractivity (Wildman–Crippen MR) is 66.4 cm³/mol. The van der Waals surface area contributed by atoms with Crippen molar-refractivity contribution in [3.05, 3.63) is 0 Å². The molecule has 14 heavy (non-hydrogen) atoms. The van der Waals surface area contributed by atoms with E-state index in [0.29, 0.717) is 5.75 Å². The van der Waals surface area contributed by atoms with Crippen molar-refractivity contribution in [2.24, 2.45) is 0 Å². The minimum atomic E-state index is 0. The lowest BCUT2D eigenvalue weighted by molar-refractivity contribution is -0.127. The van der Waals surface area contributed by atoms with Crippen LogP contribution in [0, 0.1) is 0 Å². The minimum absolute atomic E-state index is 0. The molecule has 0 radical (unpaired) electrons. The third-order valence-electron chi connectivity index (χ3n) is 1.70. The van der Waals surface area contributed by atoms with Crippen LogP contribution in [0.1, 0.15) is 13.3 Å². The molecule has 0 aliphatic heterocycles. The van der Waals surface area contributed by atoms with Crippen LogP contribution in [0.3, 0.4) is 0 Å². The molecule has 0 bridgehead atoms. The number of thioether (sulfide) groups is 1. The standard InChI is InChI=1S/C9H20N2OS.ClH/c1-4-7-13-8-9(12)11(3)6-5-10-2;/h10H,4-8H2,1-3H3;1H. The van der Waals surface area contributed by atoms with Crippen molar-refractivity contribution < 1.29 is 4.79 Å². The molecule has 0 saturated heterocycles. The van der Waals surface area contributed by atoms with Crippen LogP contribution >= 0.6 is 24.2 Å². The smallest absolute Gasteiger partial charge is 0.232 e. The summed E-state index contributed by atoms with van der Waals surface area (Å²) in [6.45, 7) is 3.78. The van der Waals surface area contributed by atoms with Crippen molar-refractivity contribution in [3.8, 4) is 0 Å². The van der Waals surface area contributed by atoms with Gasteiger partial charge in [0.05, 0.1) is 5.75 Å². The first-order valence-corrected chi connectivity index (χ1v) is 5.84. The Morgan fingerprint density at radius 1 is 1.50 bits per heavy atom. The molecule has 0 atom stereocenters. The van der Waals surface area contributed by atoms with E-state index in [2.05, 4.69) is 12.2 Å². The van der Waals surface area contributed by atoms with E-state index in [1.165, 1.54) is 0 Å². The fourth-order valence-electron chi connectivity index (χ4n) is 0.818. The van der Waals surface area contributed by atoms with Gasteiger partial charge in [-0.3, -0.25) is 4.79 Å². The second-order valence-corrected chi connectivity index (χ2v) is 4.08. The van der Waals surface area contributed by atoms with Crippen molar-refractivity contribution in [2.45, 2.75) is 13.3 Å². The Kier molecular flexibility index (Phi) is 13.1. The Bertz CT molecular complexity index is 147. The molecule has 0 unspecified atom stereocenters. The summed E-state index contributed by atoms with van der Waals surface area (Å²) < 4.78 is 0. The molecule has 86 valence electrons. The fraction of sp³-hybridized carbons (Fsp3) is 0.889. The van der Waals surface area contributed by atoms with Gasteiger partial charge in [-0.1, -0.05) is 6.92 Å². The summed E-state index contributed by atoms with van der Waals surface area (Å²) in [5, 5.41) is 3.02. The quantitative estimate of drug-likeness (QED) is 0.680. The lowest BCUT2D eigenvalue weighted by atomic mass is 10.5. The van der Waals surface area contributed by atoms with E-state index in [9.17, 15) is 4.79 Å². The van der Waals surface area contributed by atoms with E-state index in [1.807, 2.05) is 14.1 Å². The number of carbonyl (C=O) groups is 1. The third-order valence-corrected chi connectivity index (χ3v) is 2.84. The summed E-state index contributed by atoms with van der Waals surface area (Å²) >= 11 is 1.71. The Hall–Kier alpha value is 0.0700. The number of carbonyl (C=O) groups excluding carboxylic acids is 1. The molecular formula is C9H21ClN2OS. The highest BCUT2D eigenvalue weighted by molar-refractivity contribution is 7.99. The van der Waals surface area contributed by atoms with Crippen LogP contribution in [0.2, 0.25) is 0 Å². The highest BCUT2D eigenvalue weighted by atomic mass is 35.5. The summed E-state index contributed by atoms with van der Waals surface area (Å²) in [7, 11) is 3.75. The van der Waals surface area contributed by atoms with Gasteiger partial charge in [0.1, 0.15) is 0 Å². The first-order valence-electron chi connectivity index (χ1n) is 4.68. The van der Waals surface area contributed by atoms with Gasteiger partial charge in [0.25, 0.3) is 0 Å². The topological polar surface area (TPSA) is 32.3 Å². The number of halogens is 1. The number of nitrogens with one attached hydrogen (secondary N) is 1. The monoisotopic (exact) mass is 240 g/mol. The number of hydrogen-bond acceptors (Lipinski definition) is 3. The van der Waals surface area contributed by atoms with E-state index in [0.717, 1.165) is 25.3 Å². The van der Waals surface area contributed by atoms with Gasteiger partial charge in [-0.2, -0.15) is 11.8 Å². The highest BCUT2D eigenvalue weighted by Gasteiger charge is 2.06. The average molecular weight is 241 g/mol. The molecule has 0 fully saturated rings. The van der Waals surface area contributed by atoms with E-state index in [-0.39, 0.29) is 18.3 Å². The number of likely N-dealkylation sites (N-methyl/N-ethyl adjacent to an activating group) is 2. The first-order chi connectivity index (χ1) is 6.22. The third kappa shape index (κ3) is 8.66. The Labute approximate surface area is 97.4 Å². The van der Waals surface area contributed by atoms with E-state index in [1.54, 1.807) is 16.7 Å².